The van der Waals surface area contributed by atoms with Crippen LogP contribution in [0.1, 0.15) is 43.7 Å². The third kappa shape index (κ3) is 4.97. The molecule has 2 aromatic carbocycles. The Kier molecular flexibility index (Phi) is 6.41. The van der Waals surface area contributed by atoms with Gasteiger partial charge in [-0.05, 0) is 66.3 Å². The second kappa shape index (κ2) is 8.85. The van der Waals surface area contributed by atoms with Crippen molar-refractivity contribution in [2.45, 2.75) is 39.2 Å². The van der Waals surface area contributed by atoms with Crippen molar-refractivity contribution in [3.8, 4) is 0 Å². The van der Waals surface area contributed by atoms with E-state index in [-0.39, 0.29) is 30.8 Å². The summed E-state index contributed by atoms with van der Waals surface area (Å²) in [4.78, 5) is 26.4. The zero-order chi connectivity index (χ0) is 26.6. The van der Waals surface area contributed by atoms with E-state index in [1.807, 2.05) is 6.92 Å². The second-order valence-corrected chi connectivity index (χ2v) is 11.8. The largest absolute Gasteiger partial charge is 0.417 e. The maximum absolute atomic E-state index is 13.9. The van der Waals surface area contributed by atoms with E-state index in [0.717, 1.165) is 17.4 Å². The number of hydrogen-bond donors (Lipinski definition) is 0. The van der Waals surface area contributed by atoms with Crippen LogP contribution in [0, 0.1) is 20.8 Å². The SMILES string of the molecule is Cc1cc(C(=CC(=O)c2ccc3c(c2)COC32CN(C(=O)CS(C)(=O)=O)C2)C(F)(F)F)cc(C)c1C. The van der Waals surface area contributed by atoms with E-state index in [1.165, 1.54) is 29.2 Å². The fourth-order valence-corrected chi connectivity index (χ4v) is 5.29. The minimum absolute atomic E-state index is 0.0618. The highest BCUT2D eigenvalue weighted by molar-refractivity contribution is 7.91. The van der Waals surface area contributed by atoms with Crippen LogP contribution in [-0.4, -0.2) is 56.3 Å². The van der Waals surface area contributed by atoms with E-state index in [4.69, 9.17) is 4.74 Å². The van der Waals surface area contributed by atoms with Crippen molar-refractivity contribution in [1.82, 2.24) is 4.90 Å². The summed E-state index contributed by atoms with van der Waals surface area (Å²) >= 11 is 0. The summed E-state index contributed by atoms with van der Waals surface area (Å²) < 4.78 is 70.4. The van der Waals surface area contributed by atoms with Crippen LogP contribution in [0.3, 0.4) is 0 Å². The first kappa shape index (κ1) is 26.1. The van der Waals surface area contributed by atoms with Crippen molar-refractivity contribution in [3.63, 3.8) is 0 Å². The molecule has 0 saturated carbocycles. The Labute approximate surface area is 207 Å². The van der Waals surface area contributed by atoms with Crippen molar-refractivity contribution >= 4 is 27.1 Å². The van der Waals surface area contributed by atoms with Crippen LogP contribution in [0.2, 0.25) is 0 Å². The van der Waals surface area contributed by atoms with E-state index in [1.54, 1.807) is 19.9 Å². The van der Waals surface area contributed by atoms with Gasteiger partial charge in [-0.25, -0.2) is 8.42 Å². The molecule has 36 heavy (non-hydrogen) atoms. The van der Waals surface area contributed by atoms with Gasteiger partial charge in [-0.1, -0.05) is 24.3 Å². The molecule has 0 aromatic heterocycles. The molecule has 0 bridgehead atoms. The number of halogens is 3. The molecule has 0 atom stereocenters. The Balaban J connectivity index is 1.58. The van der Waals surface area contributed by atoms with E-state index < -0.39 is 44.6 Å². The minimum Gasteiger partial charge on any atom is -0.362 e. The van der Waals surface area contributed by atoms with Gasteiger partial charge in [0.2, 0.25) is 5.91 Å². The van der Waals surface area contributed by atoms with Crippen molar-refractivity contribution in [1.29, 1.82) is 0 Å². The number of alkyl halides is 3. The van der Waals surface area contributed by atoms with Gasteiger partial charge in [0.25, 0.3) is 0 Å². The van der Waals surface area contributed by atoms with Gasteiger partial charge in [0.05, 0.1) is 25.3 Å². The Morgan fingerprint density at radius 3 is 2.22 bits per heavy atom. The molecule has 10 heteroatoms. The van der Waals surface area contributed by atoms with Gasteiger partial charge in [0.15, 0.2) is 15.6 Å². The Hall–Kier alpha value is -2.98. The smallest absolute Gasteiger partial charge is 0.362 e. The zero-order valence-corrected chi connectivity index (χ0v) is 21.1. The van der Waals surface area contributed by atoms with Crippen LogP contribution < -0.4 is 0 Å². The molecule has 2 aliphatic heterocycles. The molecule has 4 rings (SSSR count). The number of ketones is 1. The van der Waals surface area contributed by atoms with Crippen molar-refractivity contribution < 1.29 is 35.9 Å². The number of carbonyl (C=O) groups is 2. The topological polar surface area (TPSA) is 80.8 Å². The fraction of sp³-hybridized carbons (Fsp3) is 0.385. The van der Waals surface area contributed by atoms with E-state index >= 15 is 0 Å². The number of ether oxygens (including phenoxy) is 1. The molecule has 1 spiro atoms. The number of carbonyl (C=O) groups excluding carboxylic acids is 2. The molecule has 0 N–H and O–H groups in total. The highest BCUT2D eigenvalue weighted by Crippen LogP contribution is 2.44. The van der Waals surface area contributed by atoms with Gasteiger partial charge in [-0.2, -0.15) is 13.2 Å². The molecule has 0 unspecified atom stereocenters. The number of fused-ring (bicyclic) bond motifs is 2. The van der Waals surface area contributed by atoms with E-state index in [0.29, 0.717) is 22.8 Å². The summed E-state index contributed by atoms with van der Waals surface area (Å²) in [6.07, 6.45) is -3.10. The molecule has 2 heterocycles. The predicted molar refractivity (Wildman–Crippen MR) is 128 cm³/mol. The van der Waals surface area contributed by atoms with Crippen LogP contribution >= 0.6 is 0 Å². The molecule has 2 aliphatic rings. The standard InChI is InChI=1S/C26H26F3NO5S/c1-15-7-19(8-16(2)17(15)3)22(26(27,28)29)10-23(31)18-5-6-21-20(9-18)11-35-25(21)13-30(14-25)24(32)12-36(4,33)34/h5-10H,11-14H2,1-4H3. The highest BCUT2D eigenvalue weighted by atomic mass is 32.2. The monoisotopic (exact) mass is 521 g/mol. The molecular weight excluding hydrogens is 495 g/mol. The first-order valence-corrected chi connectivity index (χ1v) is 13.3. The van der Waals surface area contributed by atoms with Crippen LogP contribution in [0.5, 0.6) is 0 Å². The van der Waals surface area contributed by atoms with Crippen molar-refractivity contribution in [2.24, 2.45) is 0 Å². The maximum atomic E-state index is 13.9. The lowest BCUT2D eigenvalue weighted by Gasteiger charge is -2.47. The van der Waals surface area contributed by atoms with Gasteiger partial charge in [0.1, 0.15) is 11.4 Å². The number of amides is 1. The first-order valence-electron chi connectivity index (χ1n) is 11.2. The lowest BCUT2D eigenvalue weighted by Crippen LogP contribution is -2.62. The third-order valence-corrected chi connectivity index (χ3v) is 7.61. The van der Waals surface area contributed by atoms with E-state index in [2.05, 4.69) is 0 Å². The summed E-state index contributed by atoms with van der Waals surface area (Å²) in [6, 6.07) is 7.47. The van der Waals surface area contributed by atoms with Gasteiger partial charge in [-0.3, -0.25) is 9.59 Å². The average molecular weight is 522 g/mol. The quantitative estimate of drug-likeness (QED) is 0.438. The molecule has 0 aliphatic carbocycles. The molecular formula is C26H26F3NO5S. The maximum Gasteiger partial charge on any atom is 0.417 e. The van der Waals surface area contributed by atoms with Crippen LogP contribution in [-0.2, 0) is 31.6 Å². The molecule has 1 saturated heterocycles. The second-order valence-electron chi connectivity index (χ2n) is 9.63. The fourth-order valence-electron chi connectivity index (χ4n) is 4.66. The van der Waals surface area contributed by atoms with Gasteiger partial charge in [-0.15, -0.1) is 0 Å². The van der Waals surface area contributed by atoms with Crippen LogP contribution in [0.25, 0.3) is 5.57 Å². The molecule has 1 amide bonds. The lowest BCUT2D eigenvalue weighted by molar-refractivity contribution is -0.166. The number of hydrogen-bond acceptors (Lipinski definition) is 5. The summed E-state index contributed by atoms with van der Waals surface area (Å²) in [6.45, 7) is 5.77. The first-order chi connectivity index (χ1) is 16.6. The Morgan fingerprint density at radius 1 is 1.06 bits per heavy atom. The summed E-state index contributed by atoms with van der Waals surface area (Å²) in [5, 5.41) is 0. The number of rotatable bonds is 5. The normalized spacial score (nSPS) is 17.2. The third-order valence-electron chi connectivity index (χ3n) is 6.83. The molecule has 6 nitrogen and oxygen atoms in total. The number of benzene rings is 2. The van der Waals surface area contributed by atoms with Crippen molar-refractivity contribution in [3.05, 3.63) is 75.4 Å². The molecule has 1 fully saturated rings. The highest BCUT2D eigenvalue weighted by Gasteiger charge is 2.51. The average Bonchev–Trinajstić information content (AvgIpc) is 3.11. The summed E-state index contributed by atoms with van der Waals surface area (Å²) in [5.74, 6) is -1.88. The zero-order valence-electron chi connectivity index (χ0n) is 20.3. The van der Waals surface area contributed by atoms with Gasteiger partial charge in [0, 0.05) is 11.8 Å². The van der Waals surface area contributed by atoms with E-state index in [9.17, 15) is 31.2 Å². The molecule has 192 valence electrons. The predicted octanol–water partition coefficient (Wildman–Crippen LogP) is 4.05. The lowest BCUT2D eigenvalue weighted by atomic mass is 9.84. The molecule has 2 aromatic rings. The van der Waals surface area contributed by atoms with Gasteiger partial charge < -0.3 is 9.64 Å². The van der Waals surface area contributed by atoms with Crippen molar-refractivity contribution in [2.75, 3.05) is 25.1 Å². The number of allylic oxidation sites excluding steroid dienone is 2. The Bertz CT molecular complexity index is 1380. The number of likely N-dealkylation sites (tertiary alicyclic amines) is 1. The number of aryl methyl sites for hydroxylation is 2. The summed E-state index contributed by atoms with van der Waals surface area (Å²) in [5.41, 5.74) is 1.93. The minimum atomic E-state index is -4.72. The molecule has 0 radical (unpaired) electrons. The Morgan fingerprint density at radius 2 is 1.67 bits per heavy atom. The van der Waals surface area contributed by atoms with Gasteiger partial charge >= 0.3 is 6.18 Å². The van der Waals surface area contributed by atoms with Crippen LogP contribution in [0.15, 0.2) is 36.4 Å². The summed E-state index contributed by atoms with van der Waals surface area (Å²) in [7, 11) is -3.46. The van der Waals surface area contributed by atoms with Crippen LogP contribution in [0.4, 0.5) is 13.2 Å². The number of sulfone groups is 1. The number of nitrogens with zero attached hydrogens (tertiary/aromatic N) is 1.